The standard InChI is InChI=1S/C28H64N8O4/c1-25(9-5-17-33-21-13-29)37-26(2,10-6-18-34-22-14-30)39-28(4,12-8-20-36-24-16-32)40-27(3,38-25)11-7-19-35-23-15-31/h33-36H,5-24,29-32H2,1-4H3. The lowest BCUT2D eigenvalue weighted by molar-refractivity contribution is -0.500. The molecule has 1 aliphatic heterocycles. The van der Waals surface area contributed by atoms with Gasteiger partial charge in [0.05, 0.1) is 0 Å². The summed E-state index contributed by atoms with van der Waals surface area (Å²) in [7, 11) is 0. The van der Waals surface area contributed by atoms with E-state index < -0.39 is 23.1 Å². The minimum Gasteiger partial charge on any atom is -0.329 e. The SMILES string of the molecule is CC1(CCCNCCN)OC(C)(CCCNCCN)OC(C)(CCCNCCN)OC(C)(CCCNCCN)O1. The molecule has 0 aromatic rings. The second-order valence-corrected chi connectivity index (χ2v) is 11.5. The molecule has 12 heteroatoms. The van der Waals surface area contributed by atoms with E-state index in [0.29, 0.717) is 51.9 Å². The van der Waals surface area contributed by atoms with Crippen LogP contribution in [0.3, 0.4) is 0 Å². The molecule has 1 saturated heterocycles. The van der Waals surface area contributed by atoms with Gasteiger partial charge < -0.3 is 63.1 Å². The van der Waals surface area contributed by atoms with Crippen molar-refractivity contribution in [3.8, 4) is 0 Å². The van der Waals surface area contributed by atoms with Crippen LogP contribution >= 0.6 is 0 Å². The Labute approximate surface area is 244 Å². The maximum Gasteiger partial charge on any atom is 0.172 e. The smallest absolute Gasteiger partial charge is 0.172 e. The molecule has 0 aromatic heterocycles. The highest BCUT2D eigenvalue weighted by Gasteiger charge is 2.51. The molecule has 1 heterocycles. The number of ether oxygens (including phenoxy) is 4. The maximum absolute atomic E-state index is 6.87. The van der Waals surface area contributed by atoms with Crippen LogP contribution in [0.25, 0.3) is 0 Å². The first-order valence-electron chi connectivity index (χ1n) is 15.5. The van der Waals surface area contributed by atoms with E-state index in [2.05, 4.69) is 21.3 Å². The van der Waals surface area contributed by atoms with Crippen molar-refractivity contribution in [2.45, 2.75) is 102 Å². The van der Waals surface area contributed by atoms with Crippen LogP contribution in [-0.4, -0.2) is 102 Å². The van der Waals surface area contributed by atoms with Gasteiger partial charge in [0.15, 0.2) is 23.1 Å². The fourth-order valence-electron chi connectivity index (χ4n) is 5.36. The van der Waals surface area contributed by atoms with Crippen molar-refractivity contribution in [2.75, 3.05) is 78.5 Å². The fourth-order valence-corrected chi connectivity index (χ4v) is 5.36. The van der Waals surface area contributed by atoms with Crippen molar-refractivity contribution in [1.82, 2.24) is 21.3 Å². The summed E-state index contributed by atoms with van der Waals surface area (Å²) in [4.78, 5) is 0. The van der Waals surface area contributed by atoms with Gasteiger partial charge in [-0.2, -0.15) is 0 Å². The largest absolute Gasteiger partial charge is 0.329 e. The molecule has 0 aromatic carbocycles. The summed E-state index contributed by atoms with van der Waals surface area (Å²) in [5, 5.41) is 13.5. The molecule has 240 valence electrons. The molecule has 0 unspecified atom stereocenters. The predicted octanol–water partition coefficient (Wildman–Crippen LogP) is 0.245. The summed E-state index contributed by atoms with van der Waals surface area (Å²) < 4.78 is 27.5. The van der Waals surface area contributed by atoms with E-state index in [9.17, 15) is 0 Å². The van der Waals surface area contributed by atoms with Crippen molar-refractivity contribution in [1.29, 1.82) is 0 Å². The summed E-state index contributed by atoms with van der Waals surface area (Å²) in [6.07, 6.45) is 6.17. The lowest BCUT2D eigenvalue weighted by Gasteiger charge is -2.53. The summed E-state index contributed by atoms with van der Waals surface area (Å²) >= 11 is 0. The van der Waals surface area contributed by atoms with E-state index >= 15 is 0 Å². The molecular formula is C28H64N8O4. The van der Waals surface area contributed by atoms with Gasteiger partial charge >= 0.3 is 0 Å². The van der Waals surface area contributed by atoms with Crippen LogP contribution < -0.4 is 44.2 Å². The summed E-state index contributed by atoms with van der Waals surface area (Å²) in [6.45, 7) is 16.9. The molecule has 40 heavy (non-hydrogen) atoms. The highest BCUT2D eigenvalue weighted by molar-refractivity contribution is 4.84. The minimum atomic E-state index is -0.909. The van der Waals surface area contributed by atoms with Gasteiger partial charge in [0.1, 0.15) is 0 Å². The monoisotopic (exact) mass is 577 g/mol. The van der Waals surface area contributed by atoms with Gasteiger partial charge in [-0.05, 0) is 79.6 Å². The topological polar surface area (TPSA) is 189 Å². The van der Waals surface area contributed by atoms with Crippen molar-refractivity contribution < 1.29 is 18.9 Å². The zero-order valence-electron chi connectivity index (χ0n) is 26.1. The number of nitrogens with one attached hydrogen (secondary N) is 4. The third-order valence-electron chi connectivity index (χ3n) is 6.95. The van der Waals surface area contributed by atoms with Gasteiger partial charge in [-0.3, -0.25) is 0 Å². The molecule has 0 amide bonds. The predicted molar refractivity (Wildman–Crippen MR) is 163 cm³/mol. The van der Waals surface area contributed by atoms with E-state index in [0.717, 1.165) is 78.0 Å². The normalized spacial score (nSPS) is 29.4. The molecule has 0 spiro atoms. The Morgan fingerprint density at radius 1 is 0.375 bits per heavy atom. The van der Waals surface area contributed by atoms with Gasteiger partial charge in [-0.1, -0.05) is 0 Å². The first kappa shape index (κ1) is 37.5. The molecule has 0 aliphatic carbocycles. The highest BCUT2D eigenvalue weighted by Crippen LogP contribution is 2.44. The van der Waals surface area contributed by atoms with Crippen molar-refractivity contribution in [3.05, 3.63) is 0 Å². The molecule has 1 fully saturated rings. The van der Waals surface area contributed by atoms with Crippen molar-refractivity contribution in [2.24, 2.45) is 22.9 Å². The molecule has 1 rings (SSSR count). The second-order valence-electron chi connectivity index (χ2n) is 11.5. The van der Waals surface area contributed by atoms with Gasteiger partial charge in [-0.25, -0.2) is 0 Å². The van der Waals surface area contributed by atoms with E-state index in [-0.39, 0.29) is 0 Å². The van der Waals surface area contributed by atoms with Crippen LogP contribution in [-0.2, 0) is 18.9 Å². The summed E-state index contributed by atoms with van der Waals surface area (Å²) in [5.74, 6) is -3.64. The molecule has 0 saturated carbocycles. The number of rotatable bonds is 24. The fraction of sp³-hybridized carbons (Fsp3) is 1.00. The molecule has 12 nitrogen and oxygen atoms in total. The van der Waals surface area contributed by atoms with Gasteiger partial charge in [0.2, 0.25) is 0 Å². The van der Waals surface area contributed by atoms with Crippen molar-refractivity contribution in [3.63, 3.8) is 0 Å². The Bertz CT molecular complexity index is 519. The Balaban J connectivity index is 3.15. The third-order valence-corrected chi connectivity index (χ3v) is 6.95. The molecule has 12 N–H and O–H groups in total. The lowest BCUT2D eigenvalue weighted by atomic mass is 10.0. The van der Waals surface area contributed by atoms with Crippen LogP contribution in [0.15, 0.2) is 0 Å². The minimum absolute atomic E-state index is 0.610. The van der Waals surface area contributed by atoms with Crippen molar-refractivity contribution >= 4 is 0 Å². The molecule has 0 radical (unpaired) electrons. The average molecular weight is 577 g/mol. The average Bonchev–Trinajstić information content (AvgIpc) is 2.87. The van der Waals surface area contributed by atoms with Crippen LogP contribution in [0.1, 0.15) is 79.1 Å². The molecule has 0 bridgehead atoms. The summed E-state index contributed by atoms with van der Waals surface area (Å²) in [5.41, 5.74) is 22.6. The number of hydrogen-bond acceptors (Lipinski definition) is 12. The van der Waals surface area contributed by atoms with Crippen LogP contribution in [0.5, 0.6) is 0 Å². The van der Waals surface area contributed by atoms with E-state index in [1.54, 1.807) is 0 Å². The Kier molecular flexibility index (Phi) is 19.2. The zero-order chi connectivity index (χ0) is 29.8. The van der Waals surface area contributed by atoms with Gasteiger partial charge in [0, 0.05) is 78.0 Å². The third kappa shape index (κ3) is 16.2. The van der Waals surface area contributed by atoms with E-state index in [4.69, 9.17) is 41.9 Å². The first-order valence-corrected chi connectivity index (χ1v) is 15.5. The second kappa shape index (κ2) is 20.4. The maximum atomic E-state index is 6.87. The van der Waals surface area contributed by atoms with E-state index in [1.165, 1.54) is 0 Å². The highest BCUT2D eigenvalue weighted by atomic mass is 16.9. The number of hydrogen-bond donors (Lipinski definition) is 8. The lowest BCUT2D eigenvalue weighted by Crippen LogP contribution is -2.59. The Morgan fingerprint density at radius 2 is 0.575 bits per heavy atom. The molecular weight excluding hydrogens is 512 g/mol. The zero-order valence-corrected chi connectivity index (χ0v) is 26.1. The van der Waals surface area contributed by atoms with Crippen LogP contribution in [0.2, 0.25) is 0 Å². The molecule has 1 aliphatic rings. The Hall–Kier alpha value is -0.480. The van der Waals surface area contributed by atoms with Gasteiger partial charge in [0.25, 0.3) is 0 Å². The number of nitrogens with two attached hydrogens (primary N) is 4. The van der Waals surface area contributed by atoms with Crippen LogP contribution in [0.4, 0.5) is 0 Å². The quantitative estimate of drug-likeness (QED) is 0.0732. The van der Waals surface area contributed by atoms with Gasteiger partial charge in [-0.15, -0.1) is 0 Å². The molecule has 0 atom stereocenters. The van der Waals surface area contributed by atoms with E-state index in [1.807, 2.05) is 27.7 Å². The van der Waals surface area contributed by atoms with Crippen LogP contribution in [0, 0.1) is 0 Å². The summed E-state index contributed by atoms with van der Waals surface area (Å²) in [6, 6.07) is 0. The Morgan fingerprint density at radius 3 is 0.750 bits per heavy atom. The first-order chi connectivity index (χ1) is 19.1.